The molecule has 3 rings (SSSR count). The van der Waals surface area contributed by atoms with Crippen molar-refractivity contribution in [3.8, 4) is 0 Å². The Morgan fingerprint density at radius 3 is 2.83 bits per heavy atom. The van der Waals surface area contributed by atoms with E-state index in [1.165, 1.54) is 31.4 Å². The second-order valence-corrected chi connectivity index (χ2v) is 5.70. The van der Waals surface area contributed by atoms with Crippen molar-refractivity contribution in [2.24, 2.45) is 5.41 Å². The molecule has 0 aromatic carbocycles. The molecule has 1 aromatic rings. The number of nitrogens with one attached hydrogen (secondary N) is 1. The molecule has 0 amide bonds. The van der Waals surface area contributed by atoms with Crippen LogP contribution < -0.4 is 10.2 Å². The molecule has 2 fully saturated rings. The predicted octanol–water partition coefficient (Wildman–Crippen LogP) is 1.62. The first-order chi connectivity index (χ1) is 8.81. The fraction of sp³-hybridized carbons (Fsp3) is 0.714. The lowest BCUT2D eigenvalue weighted by Gasteiger charge is -2.33. The van der Waals surface area contributed by atoms with Crippen LogP contribution in [0.4, 0.5) is 5.95 Å². The molecule has 18 heavy (non-hydrogen) atoms. The van der Waals surface area contributed by atoms with Gasteiger partial charge >= 0.3 is 0 Å². The SMILES string of the molecule is CCc1cnc(N2CC[C@@]3(CCCNC3)C2)nc1. The van der Waals surface area contributed by atoms with Gasteiger partial charge in [-0.3, -0.25) is 0 Å². The van der Waals surface area contributed by atoms with Crippen molar-refractivity contribution in [2.75, 3.05) is 31.1 Å². The molecule has 98 valence electrons. The number of hydrogen-bond acceptors (Lipinski definition) is 4. The summed E-state index contributed by atoms with van der Waals surface area (Å²) >= 11 is 0. The molecule has 2 aliphatic rings. The van der Waals surface area contributed by atoms with Crippen LogP contribution >= 0.6 is 0 Å². The largest absolute Gasteiger partial charge is 0.340 e. The topological polar surface area (TPSA) is 41.1 Å². The Labute approximate surface area is 109 Å². The van der Waals surface area contributed by atoms with E-state index in [1.807, 2.05) is 12.4 Å². The smallest absolute Gasteiger partial charge is 0.225 e. The number of rotatable bonds is 2. The summed E-state index contributed by atoms with van der Waals surface area (Å²) in [6, 6.07) is 0. The monoisotopic (exact) mass is 246 g/mol. The lowest BCUT2D eigenvalue weighted by atomic mass is 9.80. The van der Waals surface area contributed by atoms with E-state index >= 15 is 0 Å². The van der Waals surface area contributed by atoms with Crippen molar-refractivity contribution in [2.45, 2.75) is 32.6 Å². The van der Waals surface area contributed by atoms with Gasteiger partial charge in [-0.1, -0.05) is 6.92 Å². The van der Waals surface area contributed by atoms with Gasteiger partial charge in [0.05, 0.1) is 0 Å². The molecule has 0 saturated carbocycles. The van der Waals surface area contributed by atoms with Crippen molar-refractivity contribution < 1.29 is 0 Å². The van der Waals surface area contributed by atoms with E-state index in [2.05, 4.69) is 27.1 Å². The Balaban J connectivity index is 1.70. The summed E-state index contributed by atoms with van der Waals surface area (Å²) in [5.41, 5.74) is 1.69. The maximum atomic E-state index is 4.50. The summed E-state index contributed by atoms with van der Waals surface area (Å²) in [5, 5.41) is 3.54. The molecule has 4 nitrogen and oxygen atoms in total. The highest BCUT2D eigenvalue weighted by Gasteiger charge is 2.39. The van der Waals surface area contributed by atoms with E-state index in [9.17, 15) is 0 Å². The van der Waals surface area contributed by atoms with Crippen LogP contribution in [0.5, 0.6) is 0 Å². The van der Waals surface area contributed by atoms with Gasteiger partial charge in [0.1, 0.15) is 0 Å². The van der Waals surface area contributed by atoms with E-state index in [0.717, 1.165) is 32.0 Å². The predicted molar refractivity (Wildman–Crippen MR) is 72.8 cm³/mol. The number of piperidine rings is 1. The Morgan fingerprint density at radius 2 is 2.17 bits per heavy atom. The zero-order chi connectivity index (χ0) is 12.4. The number of anilines is 1. The zero-order valence-corrected chi connectivity index (χ0v) is 11.2. The van der Waals surface area contributed by atoms with E-state index in [-0.39, 0.29) is 0 Å². The normalized spacial score (nSPS) is 27.9. The molecular formula is C14H22N4. The third kappa shape index (κ3) is 2.21. The lowest BCUT2D eigenvalue weighted by Crippen LogP contribution is -2.42. The van der Waals surface area contributed by atoms with Crippen molar-refractivity contribution in [3.05, 3.63) is 18.0 Å². The number of nitrogens with zero attached hydrogens (tertiary/aromatic N) is 3. The van der Waals surface area contributed by atoms with Gasteiger partial charge in [0.25, 0.3) is 0 Å². The van der Waals surface area contributed by atoms with Gasteiger partial charge in [-0.15, -0.1) is 0 Å². The molecule has 3 heterocycles. The molecular weight excluding hydrogens is 224 g/mol. The van der Waals surface area contributed by atoms with Crippen LogP contribution in [0, 0.1) is 5.41 Å². The van der Waals surface area contributed by atoms with E-state index in [4.69, 9.17) is 0 Å². The Hall–Kier alpha value is -1.16. The van der Waals surface area contributed by atoms with E-state index in [0.29, 0.717) is 5.41 Å². The highest BCUT2D eigenvalue weighted by atomic mass is 15.3. The summed E-state index contributed by atoms with van der Waals surface area (Å²) in [6.45, 7) is 6.70. The number of hydrogen-bond donors (Lipinski definition) is 1. The van der Waals surface area contributed by atoms with Gasteiger partial charge in [-0.05, 0) is 37.8 Å². The third-order valence-electron chi connectivity index (χ3n) is 4.38. The molecule has 1 aromatic heterocycles. The molecule has 1 atom stereocenters. The minimum Gasteiger partial charge on any atom is -0.340 e. The van der Waals surface area contributed by atoms with Crippen molar-refractivity contribution in [3.63, 3.8) is 0 Å². The van der Waals surface area contributed by atoms with Crippen LogP contribution in [0.2, 0.25) is 0 Å². The maximum Gasteiger partial charge on any atom is 0.225 e. The quantitative estimate of drug-likeness (QED) is 0.861. The summed E-state index contributed by atoms with van der Waals surface area (Å²) < 4.78 is 0. The molecule has 1 N–H and O–H groups in total. The van der Waals surface area contributed by atoms with Crippen molar-refractivity contribution in [1.82, 2.24) is 15.3 Å². The van der Waals surface area contributed by atoms with Crippen LogP contribution in [-0.2, 0) is 6.42 Å². The first kappa shape index (κ1) is 11.9. The van der Waals surface area contributed by atoms with E-state index < -0.39 is 0 Å². The Bertz CT molecular complexity index is 395. The summed E-state index contributed by atoms with van der Waals surface area (Å²) in [6.07, 6.45) is 8.87. The van der Waals surface area contributed by atoms with E-state index in [1.54, 1.807) is 0 Å². The molecule has 4 heteroatoms. The van der Waals surface area contributed by atoms with Gasteiger partial charge < -0.3 is 10.2 Å². The second-order valence-electron chi connectivity index (χ2n) is 5.70. The summed E-state index contributed by atoms with van der Waals surface area (Å²) in [4.78, 5) is 11.4. The second kappa shape index (κ2) is 4.84. The molecule has 2 aliphatic heterocycles. The van der Waals surface area contributed by atoms with Gasteiger partial charge in [-0.2, -0.15) is 0 Å². The molecule has 0 bridgehead atoms. The molecule has 0 unspecified atom stereocenters. The first-order valence-corrected chi connectivity index (χ1v) is 7.08. The van der Waals surface area contributed by atoms with Gasteiger partial charge in [0.2, 0.25) is 5.95 Å². The molecule has 2 saturated heterocycles. The average molecular weight is 246 g/mol. The molecule has 0 aliphatic carbocycles. The summed E-state index contributed by atoms with van der Waals surface area (Å²) in [5.74, 6) is 0.912. The third-order valence-corrected chi connectivity index (χ3v) is 4.38. The minimum atomic E-state index is 0.477. The fourth-order valence-corrected chi connectivity index (χ4v) is 3.18. The van der Waals surface area contributed by atoms with Crippen LogP contribution in [0.3, 0.4) is 0 Å². The molecule has 0 radical (unpaired) electrons. The highest BCUT2D eigenvalue weighted by molar-refractivity contribution is 5.33. The Morgan fingerprint density at radius 1 is 1.33 bits per heavy atom. The van der Waals surface area contributed by atoms with Gasteiger partial charge in [0, 0.05) is 37.4 Å². The maximum absolute atomic E-state index is 4.50. The van der Waals surface area contributed by atoms with Gasteiger partial charge in [-0.25, -0.2) is 9.97 Å². The summed E-state index contributed by atoms with van der Waals surface area (Å²) in [7, 11) is 0. The van der Waals surface area contributed by atoms with Crippen molar-refractivity contribution in [1.29, 1.82) is 0 Å². The number of aromatic nitrogens is 2. The average Bonchev–Trinajstić information content (AvgIpc) is 2.83. The highest BCUT2D eigenvalue weighted by Crippen LogP contribution is 2.37. The van der Waals surface area contributed by atoms with Crippen LogP contribution in [-0.4, -0.2) is 36.1 Å². The van der Waals surface area contributed by atoms with Crippen LogP contribution in [0.25, 0.3) is 0 Å². The van der Waals surface area contributed by atoms with Crippen LogP contribution in [0.15, 0.2) is 12.4 Å². The van der Waals surface area contributed by atoms with Crippen LogP contribution in [0.1, 0.15) is 31.7 Å². The zero-order valence-electron chi connectivity index (χ0n) is 11.2. The fourth-order valence-electron chi connectivity index (χ4n) is 3.18. The standard InChI is InChI=1S/C14H22N4/c1-2-12-8-16-13(17-9-12)18-7-5-14(11-18)4-3-6-15-10-14/h8-9,15H,2-7,10-11H2,1H3/t14-/m1/s1. The lowest BCUT2D eigenvalue weighted by molar-refractivity contribution is 0.239. The first-order valence-electron chi connectivity index (χ1n) is 7.08. The van der Waals surface area contributed by atoms with Crippen molar-refractivity contribution >= 4 is 5.95 Å². The number of aryl methyl sites for hydroxylation is 1. The minimum absolute atomic E-state index is 0.477. The Kier molecular flexibility index (Phi) is 3.20. The van der Waals surface area contributed by atoms with Gasteiger partial charge in [0.15, 0.2) is 0 Å². The molecule has 1 spiro atoms.